The van der Waals surface area contributed by atoms with Crippen LogP contribution in [0.5, 0.6) is 23.0 Å². The zero-order chi connectivity index (χ0) is 24.9. The number of carbonyl (C=O) groups excluding carboxylic acids is 2. The molecule has 0 bridgehead atoms. The van der Waals surface area contributed by atoms with Crippen LogP contribution >= 0.6 is 0 Å². The summed E-state index contributed by atoms with van der Waals surface area (Å²) in [5.74, 6) is 0.784. The van der Waals surface area contributed by atoms with Crippen LogP contribution < -0.4 is 14.2 Å². The van der Waals surface area contributed by atoms with E-state index in [1.807, 2.05) is 42.7 Å². The highest BCUT2D eigenvalue weighted by molar-refractivity contribution is 6.00. The fourth-order valence-electron chi connectivity index (χ4n) is 3.95. The minimum atomic E-state index is -0.648. The SMILES string of the molecule is COc1cc(/C=C/C(=O)OCC(=O)c2cc(C)n(C[C@@H]3COc4ccccc4O3)c2C)ccc1O. The molecule has 0 amide bonds. The molecule has 0 spiro atoms. The van der Waals surface area contributed by atoms with Gasteiger partial charge in [0.1, 0.15) is 6.61 Å². The van der Waals surface area contributed by atoms with Gasteiger partial charge in [0.15, 0.2) is 35.7 Å². The monoisotopic (exact) mass is 477 g/mol. The van der Waals surface area contributed by atoms with Gasteiger partial charge in [-0.15, -0.1) is 0 Å². The Morgan fingerprint density at radius 1 is 1.14 bits per heavy atom. The second kappa shape index (κ2) is 10.4. The van der Waals surface area contributed by atoms with Crippen LogP contribution in [0.3, 0.4) is 0 Å². The Labute approximate surface area is 203 Å². The summed E-state index contributed by atoms with van der Waals surface area (Å²) >= 11 is 0. The number of esters is 1. The van der Waals surface area contributed by atoms with Gasteiger partial charge in [-0.1, -0.05) is 18.2 Å². The first-order chi connectivity index (χ1) is 16.9. The van der Waals surface area contributed by atoms with E-state index in [2.05, 4.69) is 0 Å². The number of hydrogen-bond donors (Lipinski definition) is 1. The maximum absolute atomic E-state index is 12.8. The molecule has 35 heavy (non-hydrogen) atoms. The van der Waals surface area contributed by atoms with Gasteiger partial charge < -0.3 is 28.6 Å². The number of phenols is 1. The standard InChI is InChI=1S/C27H27NO7/c1-17-12-21(18(2)28(17)14-20-15-33-24-6-4-5-7-25(24)35-20)23(30)16-34-27(31)11-9-19-8-10-22(29)26(13-19)32-3/h4-13,20,29H,14-16H2,1-3H3/b11-9+/t20-/m1/s1. The summed E-state index contributed by atoms with van der Waals surface area (Å²) in [6.07, 6.45) is 2.55. The number of phenolic OH excluding ortho intramolecular Hbond substituents is 1. The lowest BCUT2D eigenvalue weighted by molar-refractivity contribution is -0.136. The number of aryl methyl sites for hydroxylation is 1. The first kappa shape index (κ1) is 23.9. The predicted octanol–water partition coefficient (Wildman–Crippen LogP) is 4.10. The predicted molar refractivity (Wildman–Crippen MR) is 129 cm³/mol. The van der Waals surface area contributed by atoms with Gasteiger partial charge in [-0.2, -0.15) is 0 Å². The number of benzene rings is 2. The van der Waals surface area contributed by atoms with Gasteiger partial charge in [-0.05, 0) is 55.8 Å². The summed E-state index contributed by atoms with van der Waals surface area (Å²) in [5.41, 5.74) is 2.82. The summed E-state index contributed by atoms with van der Waals surface area (Å²) < 4.78 is 24.0. The molecular weight excluding hydrogens is 450 g/mol. The lowest BCUT2D eigenvalue weighted by Gasteiger charge is -2.27. The van der Waals surface area contributed by atoms with Gasteiger partial charge in [-0.25, -0.2) is 4.79 Å². The normalized spacial score (nSPS) is 14.7. The van der Waals surface area contributed by atoms with Crippen LogP contribution in [0.25, 0.3) is 6.08 Å². The van der Waals surface area contributed by atoms with E-state index in [4.69, 9.17) is 18.9 Å². The number of Topliss-reactive ketones (excluding diaryl/α,β-unsaturated/α-hetero) is 1. The van der Waals surface area contributed by atoms with Gasteiger partial charge in [0.25, 0.3) is 0 Å². The van der Waals surface area contributed by atoms with Crippen molar-refractivity contribution < 1.29 is 33.6 Å². The Kier molecular flexibility index (Phi) is 7.10. The molecule has 8 heteroatoms. The fourth-order valence-corrected chi connectivity index (χ4v) is 3.95. The number of aromatic nitrogens is 1. The van der Waals surface area contributed by atoms with E-state index in [0.717, 1.165) is 17.1 Å². The van der Waals surface area contributed by atoms with E-state index in [1.54, 1.807) is 18.2 Å². The third-order valence-electron chi connectivity index (χ3n) is 5.79. The molecule has 0 saturated carbocycles. The number of fused-ring (bicyclic) bond motifs is 1. The molecule has 1 N–H and O–H groups in total. The lowest BCUT2D eigenvalue weighted by atomic mass is 10.1. The molecule has 4 rings (SSSR count). The van der Waals surface area contributed by atoms with Crippen LogP contribution in [0.1, 0.15) is 27.3 Å². The second-order valence-corrected chi connectivity index (χ2v) is 8.19. The van der Waals surface area contributed by atoms with Crippen LogP contribution in [0.15, 0.2) is 54.6 Å². The first-order valence-electron chi connectivity index (χ1n) is 11.2. The van der Waals surface area contributed by atoms with Gasteiger partial charge in [0.2, 0.25) is 5.78 Å². The topological polar surface area (TPSA) is 96.2 Å². The smallest absolute Gasteiger partial charge is 0.331 e. The molecule has 0 radical (unpaired) electrons. The van der Waals surface area contributed by atoms with E-state index in [0.29, 0.717) is 35.8 Å². The van der Waals surface area contributed by atoms with Gasteiger partial charge in [0.05, 0.1) is 13.7 Å². The second-order valence-electron chi connectivity index (χ2n) is 8.19. The van der Waals surface area contributed by atoms with Crippen molar-refractivity contribution in [3.63, 3.8) is 0 Å². The van der Waals surface area contributed by atoms with E-state index in [1.165, 1.54) is 25.3 Å². The molecule has 1 atom stereocenters. The number of methoxy groups -OCH3 is 1. The molecule has 0 saturated heterocycles. The highest BCUT2D eigenvalue weighted by atomic mass is 16.6. The average Bonchev–Trinajstić information content (AvgIpc) is 3.15. The Bertz CT molecular complexity index is 1270. The summed E-state index contributed by atoms with van der Waals surface area (Å²) in [4.78, 5) is 24.9. The van der Waals surface area contributed by atoms with Crippen molar-refractivity contribution in [2.45, 2.75) is 26.5 Å². The highest BCUT2D eigenvalue weighted by Gasteiger charge is 2.24. The average molecular weight is 478 g/mol. The third kappa shape index (κ3) is 5.48. The van der Waals surface area contributed by atoms with Gasteiger partial charge in [-0.3, -0.25) is 4.79 Å². The maximum Gasteiger partial charge on any atom is 0.331 e. The van der Waals surface area contributed by atoms with Crippen molar-refractivity contribution in [2.75, 3.05) is 20.3 Å². The van der Waals surface area contributed by atoms with Crippen LogP contribution in [0.4, 0.5) is 0 Å². The number of carbonyl (C=O) groups is 2. The molecule has 1 aliphatic rings. The molecular formula is C27H27NO7. The Morgan fingerprint density at radius 3 is 2.69 bits per heavy atom. The molecule has 1 aromatic heterocycles. The Hall–Kier alpha value is -4.20. The molecule has 182 valence electrons. The van der Waals surface area contributed by atoms with Crippen LogP contribution in [-0.2, 0) is 16.1 Å². The van der Waals surface area contributed by atoms with Crippen LogP contribution in [0.2, 0.25) is 0 Å². The number of nitrogens with zero attached hydrogens (tertiary/aromatic N) is 1. The first-order valence-corrected chi connectivity index (χ1v) is 11.2. The molecule has 2 aromatic carbocycles. The third-order valence-corrected chi connectivity index (χ3v) is 5.79. The fraction of sp³-hybridized carbons (Fsp3) is 0.259. The van der Waals surface area contributed by atoms with Crippen LogP contribution in [0, 0.1) is 13.8 Å². The summed E-state index contributed by atoms with van der Waals surface area (Å²) in [7, 11) is 1.44. The maximum atomic E-state index is 12.8. The molecule has 3 aromatic rings. The number of ether oxygens (including phenoxy) is 4. The molecule has 0 unspecified atom stereocenters. The lowest BCUT2D eigenvalue weighted by Crippen LogP contribution is -2.33. The summed E-state index contributed by atoms with van der Waals surface area (Å²) in [6, 6.07) is 14.0. The van der Waals surface area contributed by atoms with Crippen LogP contribution in [-0.4, -0.2) is 47.9 Å². The van der Waals surface area contributed by atoms with E-state index < -0.39 is 5.97 Å². The van der Waals surface area contributed by atoms with Crippen molar-refractivity contribution in [2.24, 2.45) is 0 Å². The minimum Gasteiger partial charge on any atom is -0.504 e. The van der Waals surface area contributed by atoms with E-state index in [9.17, 15) is 14.7 Å². The number of para-hydroxylation sites is 2. The van der Waals surface area contributed by atoms with Crippen molar-refractivity contribution >= 4 is 17.8 Å². The number of aromatic hydroxyl groups is 1. The van der Waals surface area contributed by atoms with Crippen molar-refractivity contribution in [1.29, 1.82) is 0 Å². The zero-order valence-corrected chi connectivity index (χ0v) is 19.8. The largest absolute Gasteiger partial charge is 0.504 e. The van der Waals surface area contributed by atoms with Gasteiger partial charge >= 0.3 is 5.97 Å². The zero-order valence-electron chi connectivity index (χ0n) is 19.8. The van der Waals surface area contributed by atoms with Crippen molar-refractivity contribution in [3.05, 3.63) is 77.1 Å². The molecule has 0 fully saturated rings. The molecule has 1 aliphatic heterocycles. The van der Waals surface area contributed by atoms with Crippen molar-refractivity contribution in [3.8, 4) is 23.0 Å². The molecule has 0 aliphatic carbocycles. The minimum absolute atomic E-state index is 0.00261. The highest BCUT2D eigenvalue weighted by Crippen LogP contribution is 2.32. The Morgan fingerprint density at radius 2 is 1.91 bits per heavy atom. The van der Waals surface area contributed by atoms with Gasteiger partial charge in [0, 0.05) is 23.0 Å². The number of hydrogen-bond acceptors (Lipinski definition) is 7. The van der Waals surface area contributed by atoms with Crippen molar-refractivity contribution in [1.82, 2.24) is 4.57 Å². The summed E-state index contributed by atoms with van der Waals surface area (Å²) in [5, 5.41) is 9.65. The molecule has 8 nitrogen and oxygen atoms in total. The number of ketones is 1. The van der Waals surface area contributed by atoms with E-state index in [-0.39, 0.29) is 24.2 Å². The Balaban J connectivity index is 1.35. The summed E-state index contributed by atoms with van der Waals surface area (Å²) in [6.45, 7) is 4.34. The quantitative estimate of drug-likeness (QED) is 0.296. The number of rotatable bonds is 8. The molecule has 2 heterocycles. The van der Waals surface area contributed by atoms with E-state index >= 15 is 0 Å².